The van der Waals surface area contributed by atoms with E-state index in [0.717, 1.165) is 72.3 Å². The Labute approximate surface area is 580 Å². The van der Waals surface area contributed by atoms with Crippen LogP contribution in [0.15, 0.2) is 255 Å². The van der Waals surface area contributed by atoms with Crippen molar-refractivity contribution in [2.75, 3.05) is 5.73 Å². The number of nitrogen functional groups attached to an aromatic ring is 1. The Morgan fingerprint density at radius 3 is 0.647 bits per heavy atom. The Hall–Kier alpha value is -14.5. The minimum Gasteiger partial charge on any atom is -0.507 e. The molecule has 9 N–H and O–H groups in total. The average molecular weight is 1360 g/mol. The normalized spacial score (nSPS) is 10.5. The summed E-state index contributed by atoms with van der Waals surface area (Å²) in [6, 6.07) is 70.7. The Morgan fingerprint density at radius 2 is 0.441 bits per heavy atom. The molecule has 0 bridgehead atoms. The molecule has 12 aromatic rings. The van der Waals surface area contributed by atoms with E-state index in [0.29, 0.717) is 75.7 Å². The summed E-state index contributed by atoms with van der Waals surface area (Å²) >= 11 is 0. The van der Waals surface area contributed by atoms with E-state index < -0.39 is 35.8 Å². The topological polar surface area (TPSA) is 349 Å². The first kappa shape index (κ1) is 70.3. The van der Waals surface area contributed by atoms with Gasteiger partial charge in [-0.25, -0.2) is 28.8 Å². The van der Waals surface area contributed by atoms with Gasteiger partial charge in [0.1, 0.15) is 23.0 Å². The van der Waals surface area contributed by atoms with E-state index >= 15 is 0 Å². The molecule has 504 valence electrons. The number of carboxylic acids is 6. The molecule has 0 aliphatic carbocycles. The summed E-state index contributed by atoms with van der Waals surface area (Å²) in [6.07, 6.45) is 0. The van der Waals surface area contributed by atoms with Crippen LogP contribution in [0.4, 0.5) is 5.69 Å². The lowest BCUT2D eigenvalue weighted by molar-refractivity contribution is -0.121. The number of carboxylic acid groups (broad SMARTS) is 6. The van der Waals surface area contributed by atoms with Crippen LogP contribution in [0.3, 0.4) is 0 Å². The van der Waals surface area contributed by atoms with Crippen molar-refractivity contribution in [2.45, 2.75) is 6.92 Å². The minimum absolute atomic E-state index is 0.0317. The zero-order chi connectivity index (χ0) is 72.7. The molecule has 0 unspecified atom stereocenters. The lowest BCUT2D eigenvalue weighted by Crippen LogP contribution is -1.99. The lowest BCUT2D eigenvalue weighted by atomic mass is 9.88. The highest BCUT2D eigenvalue weighted by Gasteiger charge is 2.20. The fourth-order valence-electron chi connectivity index (χ4n) is 11.1. The van der Waals surface area contributed by atoms with Gasteiger partial charge in [0.15, 0.2) is 0 Å². The van der Waals surface area contributed by atoms with Crippen molar-refractivity contribution in [1.82, 2.24) is 0 Å². The van der Waals surface area contributed by atoms with Gasteiger partial charge >= 0.3 is 35.8 Å². The van der Waals surface area contributed by atoms with Gasteiger partial charge in [0.05, 0.1) is 33.4 Å². The molecule has 12 aromatic carbocycles. The third kappa shape index (κ3) is 16.5. The van der Waals surface area contributed by atoms with Crippen LogP contribution in [0, 0.1) is 6.92 Å². The van der Waals surface area contributed by atoms with E-state index in [9.17, 15) is 78.9 Å². The van der Waals surface area contributed by atoms with Crippen LogP contribution >= 0.6 is 0 Å². The van der Waals surface area contributed by atoms with Gasteiger partial charge in [0.25, 0.3) is 19.4 Å². The maximum atomic E-state index is 11.3. The molecule has 0 saturated heterocycles. The zero-order valence-corrected chi connectivity index (χ0v) is 53.6. The number of carbonyl (C=O) groups is 9. The van der Waals surface area contributed by atoms with Gasteiger partial charge in [-0.2, -0.15) is 0 Å². The third-order valence-corrected chi connectivity index (χ3v) is 16.5. The van der Waals surface area contributed by atoms with Gasteiger partial charge in [-0.05, 0) is 236 Å². The molecular weight excluding hydrogens is 1300 g/mol. The minimum atomic E-state index is -1.05. The highest BCUT2D eigenvalue weighted by atomic mass is 16.5. The van der Waals surface area contributed by atoms with Crippen molar-refractivity contribution in [2.24, 2.45) is 0 Å². The first-order valence-corrected chi connectivity index (χ1v) is 30.7. The summed E-state index contributed by atoms with van der Waals surface area (Å²) in [7, 11) is 0. The van der Waals surface area contributed by atoms with Gasteiger partial charge in [-0.1, -0.05) is 109 Å². The van der Waals surface area contributed by atoms with Crippen molar-refractivity contribution in [1.29, 1.82) is 0 Å². The fraction of sp³-hybridized carbons (Fsp3) is 0.0122. The second kappa shape index (κ2) is 31.6. The predicted octanol–water partition coefficient (Wildman–Crippen LogP) is 16.5. The van der Waals surface area contributed by atoms with Gasteiger partial charge in [-0.3, -0.25) is 14.4 Å². The molecule has 20 nitrogen and oxygen atoms in total. The molecule has 102 heavy (non-hydrogen) atoms. The van der Waals surface area contributed by atoms with Crippen LogP contribution < -0.4 is 19.9 Å². The van der Waals surface area contributed by atoms with E-state index in [2.05, 4.69) is 0 Å². The molecule has 0 saturated carbocycles. The Balaban J connectivity index is 0.000000165. The average Bonchev–Trinajstić information content (AvgIpc) is 0.791. The maximum absolute atomic E-state index is 11.3. The van der Waals surface area contributed by atoms with E-state index in [4.69, 9.17) is 19.9 Å². The SMILES string of the molecule is Cc1c(-c2ccc(C(=O)O)cc2)cc(-c2ccc(OC=O)cc2)cc1-c1ccc(C(=O)O)cc1.Nc1c(-c2ccc(C(=O)O)cc2)cc(-c2ccc(OC=O)cc2)cc1-c1ccc(C(=O)O)cc1.O=COc1ccc(-c2cc(-c3ccc(C(=O)O)cc3)c(O)c(-c3ccc(C(=O)O)cc3)c2)cc1. The van der Waals surface area contributed by atoms with Crippen molar-refractivity contribution in [3.63, 3.8) is 0 Å². The highest BCUT2D eigenvalue weighted by Crippen LogP contribution is 2.44. The van der Waals surface area contributed by atoms with Crippen molar-refractivity contribution in [3.05, 3.63) is 294 Å². The number of phenolic OH excluding ortho intramolecular Hbond substituents is 1. The van der Waals surface area contributed by atoms with Gasteiger partial charge < -0.3 is 55.7 Å². The first-order chi connectivity index (χ1) is 49.1. The molecule has 0 heterocycles. The third-order valence-electron chi connectivity index (χ3n) is 16.5. The maximum Gasteiger partial charge on any atom is 0.335 e. The zero-order valence-electron chi connectivity index (χ0n) is 53.6. The van der Waals surface area contributed by atoms with Gasteiger partial charge in [-0.15, -0.1) is 0 Å². The van der Waals surface area contributed by atoms with Crippen LogP contribution in [0.1, 0.15) is 67.7 Å². The van der Waals surface area contributed by atoms with Crippen LogP contribution in [0.5, 0.6) is 23.0 Å². The van der Waals surface area contributed by atoms with Crippen LogP contribution in [0.25, 0.3) is 100 Å². The number of phenols is 1. The molecule has 0 atom stereocenters. The van der Waals surface area contributed by atoms with Crippen molar-refractivity contribution in [3.8, 4) is 123 Å². The van der Waals surface area contributed by atoms with Crippen LogP contribution in [-0.4, -0.2) is 91.0 Å². The second-order valence-corrected chi connectivity index (χ2v) is 22.6. The number of hydrogen-bond donors (Lipinski definition) is 8. The largest absolute Gasteiger partial charge is 0.507 e. The van der Waals surface area contributed by atoms with E-state index in [1.165, 1.54) is 48.5 Å². The molecule has 0 aliphatic heterocycles. The standard InChI is InChI=1S/C28H20O6.C27H19NO6.C27H18O7/c1-17-25(19-2-6-21(7-3-19)27(30)31)14-23(18-10-12-24(13-11-18)34-16-29)15-26(17)20-4-8-22(9-5-20)28(32)33;28-25-23(17-1-5-19(6-2-17)26(30)31)13-21(16-9-11-22(12-10-16)34-15-29)14-24(25)18-3-7-20(8-4-18)27(32)33;28-15-34-22-11-9-16(10-12-22)21-13-23(17-1-5-19(6-2-17)26(30)31)25(29)24(14-21)18-3-7-20(8-4-18)27(32)33/h2-16H,1H3,(H,30,31)(H,32,33);1-15H,28H2,(H,30,31)(H,32,33);1-15,29H,(H,30,31)(H,32,33). The summed E-state index contributed by atoms with van der Waals surface area (Å²) in [5.41, 5.74) is 22.5. The quantitative estimate of drug-likeness (QED) is 0.0245. The number of rotatable bonds is 21. The number of anilines is 1. The number of nitrogens with two attached hydrogens (primary N) is 1. The number of ether oxygens (including phenoxy) is 3. The lowest BCUT2D eigenvalue weighted by Gasteiger charge is -2.16. The predicted molar refractivity (Wildman–Crippen MR) is 381 cm³/mol. The molecule has 0 radical (unpaired) electrons. The molecule has 0 fully saturated rings. The number of aromatic carboxylic acids is 6. The van der Waals surface area contributed by atoms with Crippen molar-refractivity contribution >= 4 is 60.9 Å². The second-order valence-electron chi connectivity index (χ2n) is 22.6. The van der Waals surface area contributed by atoms with Gasteiger partial charge in [0.2, 0.25) is 0 Å². The number of hydrogen-bond acceptors (Lipinski definition) is 14. The Kier molecular flexibility index (Phi) is 21.7. The van der Waals surface area contributed by atoms with E-state index in [1.807, 2.05) is 43.3 Å². The summed E-state index contributed by atoms with van der Waals surface area (Å²) < 4.78 is 14.6. The van der Waals surface area contributed by atoms with Crippen LogP contribution in [-0.2, 0) is 14.4 Å². The van der Waals surface area contributed by atoms with Crippen molar-refractivity contribution < 1.29 is 93.1 Å². The summed E-state index contributed by atoms with van der Waals surface area (Å²) in [4.78, 5) is 99.2. The summed E-state index contributed by atoms with van der Waals surface area (Å²) in [5.74, 6) is -4.95. The van der Waals surface area contributed by atoms with Gasteiger partial charge in [0, 0.05) is 27.9 Å². The highest BCUT2D eigenvalue weighted by molar-refractivity contribution is 5.98. The molecule has 12 rings (SSSR count). The molecule has 0 aromatic heterocycles. The molecular formula is C82H57NO19. The fourth-order valence-corrected chi connectivity index (χ4v) is 11.1. The molecule has 0 spiro atoms. The number of aromatic hydroxyl groups is 1. The molecule has 20 heteroatoms. The summed E-state index contributed by atoms with van der Waals surface area (Å²) in [5, 5.41) is 66.4. The first-order valence-electron chi connectivity index (χ1n) is 30.7. The van der Waals surface area contributed by atoms with E-state index in [1.54, 1.807) is 170 Å². The Bertz CT molecular complexity index is 4400. The Morgan fingerprint density at radius 1 is 0.265 bits per heavy atom. The van der Waals surface area contributed by atoms with Crippen LogP contribution in [0.2, 0.25) is 0 Å². The monoisotopic (exact) mass is 1360 g/mol. The number of benzene rings is 12. The molecule has 0 aliphatic rings. The molecule has 0 amide bonds. The smallest absolute Gasteiger partial charge is 0.335 e. The van der Waals surface area contributed by atoms with E-state index in [-0.39, 0.29) is 39.1 Å². The number of carbonyl (C=O) groups excluding carboxylic acids is 3. The summed E-state index contributed by atoms with van der Waals surface area (Å²) in [6.45, 7) is 3.05.